The third-order valence-corrected chi connectivity index (χ3v) is 4.13. The number of fused-ring (bicyclic) bond motifs is 1. The molecule has 0 amide bonds. The minimum absolute atomic E-state index is 0.171. The minimum atomic E-state index is -0.623. The van der Waals surface area contributed by atoms with Crippen molar-refractivity contribution < 1.29 is 18.9 Å². The monoisotopic (exact) mass is 331 g/mol. The van der Waals surface area contributed by atoms with Gasteiger partial charge in [0.1, 0.15) is 18.3 Å². The van der Waals surface area contributed by atoms with Crippen molar-refractivity contribution in [1.82, 2.24) is 15.0 Å². The van der Waals surface area contributed by atoms with E-state index in [1.54, 1.807) is 11.8 Å². The number of methoxy groups -OCH3 is 1. The third-order valence-electron chi connectivity index (χ3n) is 3.86. The van der Waals surface area contributed by atoms with Gasteiger partial charge in [0.05, 0.1) is 12.2 Å². The van der Waals surface area contributed by atoms with Crippen LogP contribution in [0, 0.1) is 0 Å². The van der Waals surface area contributed by atoms with Crippen LogP contribution in [0.15, 0.2) is 6.20 Å². The first-order chi connectivity index (χ1) is 10.5. The highest BCUT2D eigenvalue weighted by atomic mass is 35.5. The Morgan fingerprint density at radius 2 is 2.14 bits per heavy atom. The molecule has 2 fully saturated rings. The second kappa shape index (κ2) is 6.41. The van der Waals surface area contributed by atoms with Crippen LogP contribution in [-0.4, -0.2) is 58.4 Å². The molecule has 0 aliphatic carbocycles. The summed E-state index contributed by atoms with van der Waals surface area (Å²) in [4.78, 5) is 0. The summed E-state index contributed by atoms with van der Waals surface area (Å²) in [6.45, 7) is 4.35. The molecule has 0 saturated carbocycles. The maximum atomic E-state index is 5.96. The molecule has 3 rings (SSSR count). The molecule has 0 aromatic carbocycles. The van der Waals surface area contributed by atoms with Crippen molar-refractivity contribution in [2.45, 2.75) is 63.6 Å². The Kier molecular flexibility index (Phi) is 4.70. The third kappa shape index (κ3) is 3.28. The first kappa shape index (κ1) is 16.1. The highest BCUT2D eigenvalue weighted by molar-refractivity contribution is 6.17. The number of hydrogen-bond donors (Lipinski definition) is 0. The molecule has 3 heterocycles. The van der Waals surface area contributed by atoms with E-state index in [4.69, 9.17) is 30.5 Å². The topological polar surface area (TPSA) is 67.6 Å². The van der Waals surface area contributed by atoms with Crippen molar-refractivity contribution in [2.24, 2.45) is 0 Å². The van der Waals surface area contributed by atoms with Crippen molar-refractivity contribution >= 4 is 11.6 Å². The van der Waals surface area contributed by atoms with Crippen molar-refractivity contribution in [2.75, 3.05) is 13.0 Å². The fourth-order valence-corrected chi connectivity index (χ4v) is 3.09. The van der Waals surface area contributed by atoms with Gasteiger partial charge in [-0.25, -0.2) is 4.68 Å². The van der Waals surface area contributed by atoms with Gasteiger partial charge < -0.3 is 18.9 Å². The van der Waals surface area contributed by atoms with Crippen LogP contribution in [-0.2, 0) is 31.9 Å². The van der Waals surface area contributed by atoms with Gasteiger partial charge in [-0.05, 0) is 26.7 Å². The molecule has 1 aromatic heterocycles. The summed E-state index contributed by atoms with van der Waals surface area (Å²) >= 11 is 5.70. The Balaban J connectivity index is 1.66. The van der Waals surface area contributed by atoms with E-state index in [2.05, 4.69) is 10.3 Å². The largest absolute Gasteiger partial charge is 0.353 e. The second-order valence-corrected chi connectivity index (χ2v) is 6.45. The van der Waals surface area contributed by atoms with E-state index in [9.17, 15) is 0 Å². The SMILES string of the molecule is CO[C@@H]1O[C@H](Cn2cc(CCCCl)nn2)C2OC(C)(C)OC21. The Morgan fingerprint density at radius 1 is 1.36 bits per heavy atom. The van der Waals surface area contributed by atoms with E-state index in [1.807, 2.05) is 20.0 Å². The van der Waals surface area contributed by atoms with E-state index in [0.29, 0.717) is 12.4 Å². The van der Waals surface area contributed by atoms with E-state index in [0.717, 1.165) is 18.5 Å². The van der Waals surface area contributed by atoms with Gasteiger partial charge in [-0.15, -0.1) is 16.7 Å². The number of aromatic nitrogens is 3. The van der Waals surface area contributed by atoms with Crippen molar-refractivity contribution in [3.05, 3.63) is 11.9 Å². The molecule has 0 N–H and O–H groups in total. The molecule has 124 valence electrons. The number of rotatable bonds is 6. The van der Waals surface area contributed by atoms with Crippen LogP contribution in [0.2, 0.25) is 0 Å². The molecule has 1 aromatic rings. The maximum Gasteiger partial charge on any atom is 0.186 e. The molecule has 0 bridgehead atoms. The quantitative estimate of drug-likeness (QED) is 0.733. The van der Waals surface area contributed by atoms with Crippen LogP contribution in [0.1, 0.15) is 26.0 Å². The molecule has 2 aliphatic rings. The molecule has 8 heteroatoms. The summed E-state index contributed by atoms with van der Waals surface area (Å²) in [6, 6.07) is 0. The first-order valence-electron chi connectivity index (χ1n) is 7.51. The van der Waals surface area contributed by atoms with Crippen LogP contribution >= 0.6 is 11.6 Å². The summed E-state index contributed by atoms with van der Waals surface area (Å²) in [5, 5.41) is 8.28. The van der Waals surface area contributed by atoms with E-state index >= 15 is 0 Å². The zero-order chi connectivity index (χ0) is 15.7. The van der Waals surface area contributed by atoms with E-state index < -0.39 is 12.1 Å². The number of hydrogen-bond acceptors (Lipinski definition) is 6. The number of nitrogens with zero attached hydrogens (tertiary/aromatic N) is 3. The lowest BCUT2D eigenvalue weighted by Crippen LogP contribution is -2.33. The van der Waals surface area contributed by atoms with Gasteiger partial charge in [-0.3, -0.25) is 0 Å². The van der Waals surface area contributed by atoms with Gasteiger partial charge in [0, 0.05) is 19.2 Å². The molecule has 0 radical (unpaired) electrons. The zero-order valence-electron chi connectivity index (χ0n) is 13.1. The summed E-state index contributed by atoms with van der Waals surface area (Å²) in [6.07, 6.45) is 2.65. The van der Waals surface area contributed by atoms with Crippen LogP contribution in [0.4, 0.5) is 0 Å². The fraction of sp³-hybridized carbons (Fsp3) is 0.857. The lowest BCUT2D eigenvalue weighted by molar-refractivity contribution is -0.228. The molecular formula is C14H22ClN3O4. The lowest BCUT2D eigenvalue weighted by Gasteiger charge is -2.23. The van der Waals surface area contributed by atoms with Crippen molar-refractivity contribution in [1.29, 1.82) is 0 Å². The predicted octanol–water partition coefficient (Wildman–Crippen LogP) is 1.34. The van der Waals surface area contributed by atoms with Crippen molar-refractivity contribution in [3.63, 3.8) is 0 Å². The number of halogens is 1. The summed E-state index contributed by atoms with van der Waals surface area (Å²) in [7, 11) is 1.61. The van der Waals surface area contributed by atoms with Gasteiger partial charge in [0.25, 0.3) is 0 Å². The highest BCUT2D eigenvalue weighted by Crippen LogP contribution is 2.39. The van der Waals surface area contributed by atoms with Gasteiger partial charge in [0.2, 0.25) is 0 Å². The first-order valence-corrected chi connectivity index (χ1v) is 8.05. The van der Waals surface area contributed by atoms with Crippen molar-refractivity contribution in [3.8, 4) is 0 Å². The summed E-state index contributed by atoms with van der Waals surface area (Å²) in [5.41, 5.74) is 0.933. The average Bonchev–Trinajstić information content (AvgIpc) is 3.12. The highest BCUT2D eigenvalue weighted by Gasteiger charge is 2.55. The molecular weight excluding hydrogens is 310 g/mol. The van der Waals surface area contributed by atoms with Crippen LogP contribution in [0.25, 0.3) is 0 Å². The van der Waals surface area contributed by atoms with Gasteiger partial charge in [-0.1, -0.05) is 5.21 Å². The van der Waals surface area contributed by atoms with E-state index in [1.165, 1.54) is 0 Å². The zero-order valence-corrected chi connectivity index (χ0v) is 13.8. The molecule has 4 atom stereocenters. The molecule has 0 spiro atoms. The Hall–Kier alpha value is -0.730. The molecule has 2 aliphatic heterocycles. The normalized spacial score (nSPS) is 33.3. The van der Waals surface area contributed by atoms with Gasteiger partial charge in [0.15, 0.2) is 12.1 Å². The molecule has 2 unspecified atom stereocenters. The maximum absolute atomic E-state index is 5.96. The van der Waals surface area contributed by atoms with Crippen LogP contribution < -0.4 is 0 Å². The summed E-state index contributed by atoms with van der Waals surface area (Å²) < 4.78 is 24.8. The Bertz CT molecular complexity index is 510. The number of alkyl halides is 1. The standard InChI is InChI=1S/C14H22ClN3O4/c1-14(2)21-11-10(20-13(19-3)12(11)22-14)8-18-7-9(16-17-18)5-4-6-15/h7,10-13H,4-6,8H2,1-3H3/t10-,11?,12?,13-/m1/s1. The van der Waals surface area contributed by atoms with E-state index in [-0.39, 0.29) is 18.3 Å². The van der Waals surface area contributed by atoms with Gasteiger partial charge in [-0.2, -0.15) is 0 Å². The lowest BCUT2D eigenvalue weighted by atomic mass is 10.1. The molecule has 7 nitrogen and oxygen atoms in total. The second-order valence-electron chi connectivity index (χ2n) is 6.07. The predicted molar refractivity (Wildman–Crippen MR) is 78.6 cm³/mol. The minimum Gasteiger partial charge on any atom is -0.353 e. The number of aryl methyl sites for hydroxylation is 1. The Labute approximate surface area is 134 Å². The van der Waals surface area contributed by atoms with Crippen LogP contribution in [0.3, 0.4) is 0 Å². The molecule has 22 heavy (non-hydrogen) atoms. The smallest absolute Gasteiger partial charge is 0.186 e. The average molecular weight is 332 g/mol. The molecule has 2 saturated heterocycles. The number of ether oxygens (including phenoxy) is 4. The van der Waals surface area contributed by atoms with Gasteiger partial charge >= 0.3 is 0 Å². The summed E-state index contributed by atoms with van der Waals surface area (Å²) in [5.74, 6) is 0.000148. The van der Waals surface area contributed by atoms with Crippen LogP contribution in [0.5, 0.6) is 0 Å². The Morgan fingerprint density at radius 3 is 2.86 bits per heavy atom. The fourth-order valence-electron chi connectivity index (χ4n) is 2.95.